The van der Waals surface area contributed by atoms with Crippen LogP contribution in [0.25, 0.3) is 6.08 Å². The standard InChI is InChI=1S/C25H27N3O3S/c1-17-26-21(16-32-17)15-31-22-11-8-18(9-12-22)10-13-23(29)27-19-6-5-7-20(14-19)28-24(30)25(2,3)4/h5-14,16H,15H2,1-4H3,(H,27,29)(H,28,30)/b13-10+. The molecular formula is C25H27N3O3S. The fourth-order valence-corrected chi connectivity index (χ4v) is 3.25. The van der Waals surface area contributed by atoms with Crippen LogP contribution in [0.3, 0.4) is 0 Å². The van der Waals surface area contributed by atoms with E-state index in [2.05, 4.69) is 15.6 Å². The van der Waals surface area contributed by atoms with Gasteiger partial charge in [0.2, 0.25) is 11.8 Å². The lowest BCUT2D eigenvalue weighted by Gasteiger charge is -2.18. The predicted octanol–water partition coefficient (Wildman–Crippen LogP) is 5.67. The van der Waals surface area contributed by atoms with Gasteiger partial charge in [-0.05, 0) is 48.9 Å². The van der Waals surface area contributed by atoms with Crippen LogP contribution in [0.4, 0.5) is 11.4 Å². The normalized spacial score (nSPS) is 11.4. The first-order valence-electron chi connectivity index (χ1n) is 10.2. The predicted molar refractivity (Wildman–Crippen MR) is 130 cm³/mol. The van der Waals surface area contributed by atoms with Crippen LogP contribution in [0.1, 0.15) is 37.0 Å². The summed E-state index contributed by atoms with van der Waals surface area (Å²) >= 11 is 1.60. The van der Waals surface area contributed by atoms with E-state index in [1.54, 1.807) is 41.7 Å². The van der Waals surface area contributed by atoms with Crippen molar-refractivity contribution >= 4 is 40.6 Å². The van der Waals surface area contributed by atoms with Crippen LogP contribution in [0.5, 0.6) is 5.75 Å². The molecule has 2 amide bonds. The largest absolute Gasteiger partial charge is 0.487 e. The van der Waals surface area contributed by atoms with Crippen LogP contribution in [0.15, 0.2) is 60.0 Å². The molecule has 0 saturated heterocycles. The van der Waals surface area contributed by atoms with Gasteiger partial charge in [0.15, 0.2) is 0 Å². The average Bonchev–Trinajstić information content (AvgIpc) is 3.16. The number of aromatic nitrogens is 1. The second-order valence-corrected chi connectivity index (χ2v) is 9.39. The molecule has 1 heterocycles. The first-order chi connectivity index (χ1) is 15.2. The number of amides is 2. The molecule has 0 saturated carbocycles. The number of carbonyl (C=O) groups is 2. The molecule has 6 nitrogen and oxygen atoms in total. The second-order valence-electron chi connectivity index (χ2n) is 8.32. The third-order valence-corrected chi connectivity index (χ3v) is 5.25. The van der Waals surface area contributed by atoms with Crippen LogP contribution >= 0.6 is 11.3 Å². The number of anilines is 2. The Morgan fingerprint density at radius 1 is 1.06 bits per heavy atom. The van der Waals surface area contributed by atoms with Crippen LogP contribution in [0.2, 0.25) is 0 Å². The molecule has 32 heavy (non-hydrogen) atoms. The summed E-state index contributed by atoms with van der Waals surface area (Å²) in [6.45, 7) is 7.93. The first-order valence-corrected chi connectivity index (χ1v) is 11.1. The van der Waals surface area contributed by atoms with Gasteiger partial charge in [0.25, 0.3) is 0 Å². The number of nitrogens with one attached hydrogen (secondary N) is 2. The van der Waals surface area contributed by atoms with Gasteiger partial charge in [-0.3, -0.25) is 9.59 Å². The molecule has 0 radical (unpaired) electrons. The maximum Gasteiger partial charge on any atom is 0.248 e. The highest BCUT2D eigenvalue weighted by atomic mass is 32.1. The third kappa shape index (κ3) is 7.06. The van der Waals surface area contributed by atoms with E-state index >= 15 is 0 Å². The molecule has 0 fully saturated rings. The molecule has 2 aromatic carbocycles. The molecule has 0 aliphatic rings. The highest BCUT2D eigenvalue weighted by Crippen LogP contribution is 2.20. The van der Waals surface area contributed by atoms with Crippen molar-refractivity contribution in [2.24, 2.45) is 5.41 Å². The van der Waals surface area contributed by atoms with E-state index in [9.17, 15) is 9.59 Å². The Labute approximate surface area is 192 Å². The van der Waals surface area contributed by atoms with Crippen LogP contribution < -0.4 is 15.4 Å². The number of rotatable bonds is 7. The van der Waals surface area contributed by atoms with E-state index in [0.29, 0.717) is 18.0 Å². The summed E-state index contributed by atoms with van der Waals surface area (Å²) in [5.41, 5.74) is 2.53. The second kappa shape index (κ2) is 10.2. The van der Waals surface area contributed by atoms with E-state index in [-0.39, 0.29) is 11.8 Å². The SMILES string of the molecule is Cc1nc(COc2ccc(/C=C/C(=O)Nc3cccc(NC(=O)C(C)(C)C)c3)cc2)cs1. The molecule has 3 rings (SSSR count). The summed E-state index contributed by atoms with van der Waals surface area (Å²) in [7, 11) is 0. The summed E-state index contributed by atoms with van der Waals surface area (Å²) in [5.74, 6) is 0.393. The lowest BCUT2D eigenvalue weighted by molar-refractivity contribution is -0.123. The number of carbonyl (C=O) groups excluding carboxylic acids is 2. The Hall–Kier alpha value is -3.45. The minimum Gasteiger partial charge on any atom is -0.487 e. The van der Waals surface area contributed by atoms with E-state index < -0.39 is 5.41 Å². The summed E-state index contributed by atoms with van der Waals surface area (Å²) in [6.07, 6.45) is 3.20. The molecule has 2 N–H and O–H groups in total. The highest BCUT2D eigenvalue weighted by molar-refractivity contribution is 7.09. The Morgan fingerprint density at radius 3 is 2.38 bits per heavy atom. The molecule has 166 valence electrons. The molecule has 3 aromatic rings. The van der Waals surface area contributed by atoms with E-state index in [1.807, 2.05) is 57.3 Å². The zero-order valence-corrected chi connectivity index (χ0v) is 19.5. The van der Waals surface area contributed by atoms with Gasteiger partial charge >= 0.3 is 0 Å². The van der Waals surface area contributed by atoms with Crippen molar-refractivity contribution in [1.29, 1.82) is 0 Å². The van der Waals surface area contributed by atoms with Gasteiger partial charge in [-0.2, -0.15) is 0 Å². The smallest absolute Gasteiger partial charge is 0.248 e. The van der Waals surface area contributed by atoms with Gasteiger partial charge in [-0.1, -0.05) is 39.0 Å². The van der Waals surface area contributed by atoms with Gasteiger partial charge in [-0.25, -0.2) is 4.98 Å². The Bertz CT molecular complexity index is 1110. The molecule has 0 atom stereocenters. The topological polar surface area (TPSA) is 80.3 Å². The lowest BCUT2D eigenvalue weighted by atomic mass is 9.95. The number of hydrogen-bond donors (Lipinski definition) is 2. The maximum atomic E-state index is 12.3. The number of aryl methyl sites for hydroxylation is 1. The van der Waals surface area contributed by atoms with Crippen LogP contribution in [-0.2, 0) is 16.2 Å². The number of ether oxygens (including phenoxy) is 1. The van der Waals surface area contributed by atoms with Crippen molar-refractivity contribution in [3.8, 4) is 5.75 Å². The summed E-state index contributed by atoms with van der Waals surface area (Å²) in [5, 5.41) is 8.67. The van der Waals surface area contributed by atoms with Crippen LogP contribution in [-0.4, -0.2) is 16.8 Å². The van der Waals surface area contributed by atoms with Gasteiger partial charge < -0.3 is 15.4 Å². The Balaban J connectivity index is 1.52. The third-order valence-electron chi connectivity index (χ3n) is 4.43. The fraction of sp³-hybridized carbons (Fsp3) is 0.240. The zero-order valence-electron chi connectivity index (χ0n) is 18.6. The van der Waals surface area contributed by atoms with Crippen molar-refractivity contribution in [2.45, 2.75) is 34.3 Å². The molecule has 0 bridgehead atoms. The number of thiazole rings is 1. The fourth-order valence-electron chi connectivity index (χ4n) is 2.66. The minimum absolute atomic E-state index is 0.0880. The lowest BCUT2D eigenvalue weighted by Crippen LogP contribution is -2.27. The molecule has 0 aliphatic carbocycles. The molecule has 7 heteroatoms. The van der Waals surface area contributed by atoms with Crippen molar-refractivity contribution in [2.75, 3.05) is 10.6 Å². The highest BCUT2D eigenvalue weighted by Gasteiger charge is 2.21. The Kier molecular flexibility index (Phi) is 7.43. The van der Waals surface area contributed by atoms with Crippen molar-refractivity contribution in [3.05, 3.63) is 76.3 Å². The van der Waals surface area contributed by atoms with Crippen molar-refractivity contribution in [1.82, 2.24) is 4.98 Å². The minimum atomic E-state index is -0.498. The van der Waals surface area contributed by atoms with Gasteiger partial charge in [0.05, 0.1) is 10.7 Å². The van der Waals surface area contributed by atoms with E-state index in [0.717, 1.165) is 22.0 Å². The van der Waals surface area contributed by atoms with Crippen LogP contribution in [0, 0.1) is 12.3 Å². The molecule has 0 unspecified atom stereocenters. The molecule has 1 aromatic heterocycles. The molecule has 0 spiro atoms. The molecule has 0 aliphatic heterocycles. The van der Waals surface area contributed by atoms with Crippen molar-refractivity contribution < 1.29 is 14.3 Å². The van der Waals surface area contributed by atoms with E-state index in [4.69, 9.17) is 4.74 Å². The molecular weight excluding hydrogens is 422 g/mol. The van der Waals surface area contributed by atoms with Gasteiger partial charge in [-0.15, -0.1) is 11.3 Å². The summed E-state index contributed by atoms with van der Waals surface area (Å²) < 4.78 is 5.74. The number of benzene rings is 2. The maximum absolute atomic E-state index is 12.3. The van der Waals surface area contributed by atoms with Gasteiger partial charge in [0, 0.05) is 28.2 Å². The summed E-state index contributed by atoms with van der Waals surface area (Å²) in [4.78, 5) is 28.8. The van der Waals surface area contributed by atoms with Crippen molar-refractivity contribution in [3.63, 3.8) is 0 Å². The van der Waals surface area contributed by atoms with E-state index in [1.165, 1.54) is 6.08 Å². The zero-order chi connectivity index (χ0) is 23.1. The monoisotopic (exact) mass is 449 g/mol. The number of hydrogen-bond acceptors (Lipinski definition) is 5. The average molecular weight is 450 g/mol. The first kappa shape index (κ1) is 23.2. The summed E-state index contributed by atoms with van der Waals surface area (Å²) in [6, 6.07) is 14.6. The van der Waals surface area contributed by atoms with Gasteiger partial charge in [0.1, 0.15) is 12.4 Å². The Morgan fingerprint density at radius 2 is 1.75 bits per heavy atom. The number of nitrogens with zero attached hydrogens (tertiary/aromatic N) is 1. The quantitative estimate of drug-likeness (QED) is 0.456.